The van der Waals surface area contributed by atoms with Crippen molar-refractivity contribution in [2.24, 2.45) is 5.73 Å². The fourth-order valence-electron chi connectivity index (χ4n) is 4.76. The molecule has 59 heavy (non-hydrogen) atoms. The second-order valence-electron chi connectivity index (χ2n) is 13.6. The molecule has 0 aromatic rings. The maximum absolute atomic E-state index is 12.6. The predicted molar refractivity (Wildman–Crippen MR) is 236 cm³/mol. The minimum absolute atomic E-state index is 0.0575. The molecule has 5 N–H and O–H groups in total. The molecule has 0 heterocycles. The quantitative estimate of drug-likeness (QED) is 0.0152. The van der Waals surface area contributed by atoms with Gasteiger partial charge < -0.3 is 30.3 Å². The first-order valence-corrected chi connectivity index (χ1v) is 22.5. The van der Waals surface area contributed by atoms with E-state index in [2.05, 4.69) is 54.0 Å². The number of hydrogen-bond donors (Lipinski definition) is 4. The third-order valence-corrected chi connectivity index (χ3v) is 9.03. The van der Waals surface area contributed by atoms with Crippen LogP contribution in [-0.2, 0) is 37.5 Å². The van der Waals surface area contributed by atoms with Crippen LogP contribution in [0.2, 0.25) is 0 Å². The Morgan fingerprint density at radius 3 is 1.66 bits per heavy atom. The number of ether oxygens (including phenoxy) is 2. The number of rotatable bonds is 37. The lowest BCUT2D eigenvalue weighted by Gasteiger charge is -2.20. The Hall–Kier alpha value is -3.90. The zero-order valence-electron chi connectivity index (χ0n) is 35.4. The molecular weight excluding hydrogens is 773 g/mol. The van der Waals surface area contributed by atoms with Gasteiger partial charge in [0.05, 0.1) is 19.3 Å². The molecule has 0 radical (unpaired) electrons. The Bertz CT molecular complexity index is 1430. The minimum atomic E-state index is -4.76. The number of carboxylic acids is 1. The summed E-state index contributed by atoms with van der Waals surface area (Å²) in [7, 11) is -4.76. The molecule has 0 bridgehead atoms. The van der Waals surface area contributed by atoms with E-state index in [0.29, 0.717) is 32.1 Å². The van der Waals surface area contributed by atoms with Gasteiger partial charge in [0.25, 0.3) is 0 Å². The Kier molecular flexibility index (Phi) is 36.9. The van der Waals surface area contributed by atoms with E-state index in [1.807, 2.05) is 67.7 Å². The number of carboxylic acid groups (broad SMARTS) is 1. The Balaban J connectivity index is 4.63. The number of aliphatic hydroxyl groups excluding tert-OH is 1. The zero-order valence-corrected chi connectivity index (χ0v) is 36.3. The first kappa shape index (κ1) is 55.1. The number of nitrogens with two attached hydrogens (primary N) is 1. The monoisotopic (exact) mass is 845 g/mol. The van der Waals surface area contributed by atoms with Crippen molar-refractivity contribution in [3.05, 3.63) is 109 Å². The van der Waals surface area contributed by atoms with Crippen molar-refractivity contribution in [3.8, 4) is 0 Å². The Morgan fingerprint density at radius 2 is 1.12 bits per heavy atom. The number of allylic oxidation sites excluding steroid dienone is 16. The van der Waals surface area contributed by atoms with Crippen molar-refractivity contribution in [1.82, 2.24) is 0 Å². The third-order valence-electron chi connectivity index (χ3n) is 8.08. The first-order chi connectivity index (χ1) is 28.5. The number of esters is 2. The Morgan fingerprint density at radius 1 is 0.627 bits per heavy atom. The van der Waals surface area contributed by atoms with E-state index in [-0.39, 0.29) is 12.8 Å². The largest absolute Gasteiger partial charge is 0.480 e. The van der Waals surface area contributed by atoms with Crippen LogP contribution in [0.1, 0.15) is 123 Å². The summed E-state index contributed by atoms with van der Waals surface area (Å²) in [5.74, 6) is -2.57. The van der Waals surface area contributed by atoms with Crippen LogP contribution in [0.25, 0.3) is 0 Å². The summed E-state index contributed by atoms with van der Waals surface area (Å²) < 4.78 is 32.5. The highest BCUT2D eigenvalue weighted by Gasteiger charge is 2.28. The van der Waals surface area contributed by atoms with Gasteiger partial charge in [-0.15, -0.1) is 0 Å². The van der Waals surface area contributed by atoms with Gasteiger partial charge in [0, 0.05) is 12.8 Å². The van der Waals surface area contributed by atoms with E-state index in [1.54, 1.807) is 6.08 Å². The fourth-order valence-corrected chi connectivity index (χ4v) is 5.54. The minimum Gasteiger partial charge on any atom is -0.480 e. The zero-order chi connectivity index (χ0) is 43.7. The van der Waals surface area contributed by atoms with Crippen LogP contribution in [0.15, 0.2) is 109 Å². The fraction of sp³-hybridized carbons (Fsp3) is 0.543. The molecule has 0 aliphatic rings. The van der Waals surface area contributed by atoms with E-state index >= 15 is 0 Å². The molecule has 0 aliphatic carbocycles. The van der Waals surface area contributed by atoms with E-state index < -0.39 is 63.8 Å². The average molecular weight is 846 g/mol. The van der Waals surface area contributed by atoms with Gasteiger partial charge in [0.1, 0.15) is 12.6 Å². The van der Waals surface area contributed by atoms with E-state index in [0.717, 1.165) is 44.9 Å². The molecule has 0 amide bonds. The van der Waals surface area contributed by atoms with Crippen molar-refractivity contribution in [2.75, 3.05) is 19.8 Å². The molecular formula is C46H72NO11P. The molecule has 332 valence electrons. The number of phosphoric acid groups is 1. The van der Waals surface area contributed by atoms with Crippen LogP contribution < -0.4 is 5.73 Å². The van der Waals surface area contributed by atoms with Gasteiger partial charge in [0.2, 0.25) is 0 Å². The lowest BCUT2D eigenvalue weighted by molar-refractivity contribution is -0.161. The summed E-state index contributed by atoms with van der Waals surface area (Å²) in [6.45, 7) is 2.38. The molecule has 13 heteroatoms. The van der Waals surface area contributed by atoms with Gasteiger partial charge in [-0.05, 0) is 83.5 Å². The predicted octanol–water partition coefficient (Wildman–Crippen LogP) is 10.0. The van der Waals surface area contributed by atoms with Crippen LogP contribution in [-0.4, -0.2) is 71.1 Å². The van der Waals surface area contributed by atoms with Crippen LogP contribution in [0.4, 0.5) is 0 Å². The number of aliphatic hydroxyl groups is 1. The van der Waals surface area contributed by atoms with Gasteiger partial charge in [-0.25, -0.2) is 4.57 Å². The summed E-state index contributed by atoms with van der Waals surface area (Å²) in [5, 5.41) is 18.6. The summed E-state index contributed by atoms with van der Waals surface area (Å²) in [6.07, 6.45) is 48.0. The maximum Gasteiger partial charge on any atom is 0.472 e. The van der Waals surface area contributed by atoms with Crippen LogP contribution >= 0.6 is 7.82 Å². The molecule has 0 rings (SSSR count). The second-order valence-corrected chi connectivity index (χ2v) is 15.0. The third kappa shape index (κ3) is 39.3. The lowest BCUT2D eigenvalue weighted by Crippen LogP contribution is -2.34. The topological polar surface area (TPSA) is 192 Å². The van der Waals surface area contributed by atoms with E-state index in [9.17, 15) is 28.9 Å². The van der Waals surface area contributed by atoms with E-state index in [1.165, 1.54) is 19.3 Å². The first-order valence-electron chi connectivity index (χ1n) is 21.0. The number of phosphoric ester groups is 1. The summed E-state index contributed by atoms with van der Waals surface area (Å²) in [5.41, 5.74) is 5.32. The van der Waals surface area contributed by atoms with Crippen LogP contribution in [0.3, 0.4) is 0 Å². The number of unbranched alkanes of at least 4 members (excludes halogenated alkanes) is 5. The van der Waals surface area contributed by atoms with Gasteiger partial charge in [0.15, 0.2) is 6.10 Å². The SMILES string of the molecule is CC/C=C\C(O)C/C=C/C=C\C/C=C\C/C=C\CCCC(=O)OC[C@H](COP(=O)(O)OC[C@H](N)C(=O)O)OC(=O)CCC/C=C\C/C=C\C/C=C\C/C=C\CCCCC. The van der Waals surface area contributed by atoms with Gasteiger partial charge in [-0.2, -0.15) is 0 Å². The molecule has 0 aromatic carbocycles. The average Bonchev–Trinajstić information content (AvgIpc) is 3.21. The standard InChI is InChI=1S/C46H72NO11P/c1-3-5-7-8-9-10-11-12-13-14-15-16-21-24-27-30-33-37-45(50)58-42(39-56-59(53,54)57-40-43(47)46(51)52)38-55-44(49)36-32-29-26-23-20-18-17-19-22-25-28-31-35-41(48)34-6-4-2/h6,9-10,12-13,15-18,22-28,31,34,41-43,48H,3-5,7-8,11,14,19-21,29-30,32-33,35-40,47H2,1-2H3,(H,51,52)(H,53,54)/b10-9-,13-12-,16-15-,18-17-,25-22-,26-23-,27-24-,31-28+,34-6-/t41?,42-,43+/m1/s1. The van der Waals surface area contributed by atoms with Crippen molar-refractivity contribution >= 4 is 25.7 Å². The lowest BCUT2D eigenvalue weighted by atomic mass is 10.2. The summed E-state index contributed by atoms with van der Waals surface area (Å²) >= 11 is 0. The number of hydrogen-bond acceptors (Lipinski definition) is 10. The highest BCUT2D eigenvalue weighted by atomic mass is 31.2. The normalized spacial score (nSPS) is 15.3. The van der Waals surface area contributed by atoms with Gasteiger partial charge in [-0.1, -0.05) is 136 Å². The molecule has 0 saturated heterocycles. The van der Waals surface area contributed by atoms with Crippen LogP contribution in [0.5, 0.6) is 0 Å². The highest BCUT2D eigenvalue weighted by Crippen LogP contribution is 2.43. The molecule has 2 unspecified atom stereocenters. The Labute approximate surface area is 353 Å². The number of carbonyl (C=O) groups excluding carboxylic acids is 2. The summed E-state index contributed by atoms with van der Waals surface area (Å²) in [4.78, 5) is 45.9. The van der Waals surface area contributed by atoms with Crippen molar-refractivity contribution in [1.29, 1.82) is 0 Å². The van der Waals surface area contributed by atoms with Crippen molar-refractivity contribution in [3.63, 3.8) is 0 Å². The van der Waals surface area contributed by atoms with Gasteiger partial charge in [-0.3, -0.25) is 23.4 Å². The molecule has 0 spiro atoms. The number of carbonyl (C=O) groups is 3. The maximum atomic E-state index is 12.6. The molecule has 0 saturated carbocycles. The molecule has 4 atom stereocenters. The highest BCUT2D eigenvalue weighted by molar-refractivity contribution is 7.47. The van der Waals surface area contributed by atoms with E-state index in [4.69, 9.17) is 24.8 Å². The smallest absolute Gasteiger partial charge is 0.472 e. The van der Waals surface area contributed by atoms with Crippen molar-refractivity contribution < 1.29 is 52.6 Å². The van der Waals surface area contributed by atoms with Crippen molar-refractivity contribution in [2.45, 2.75) is 141 Å². The summed E-state index contributed by atoms with van der Waals surface area (Å²) in [6, 6.07) is -1.55. The molecule has 0 aliphatic heterocycles. The van der Waals surface area contributed by atoms with Crippen LogP contribution in [0, 0.1) is 0 Å². The number of aliphatic carboxylic acids is 1. The molecule has 0 fully saturated rings. The molecule has 12 nitrogen and oxygen atoms in total. The second kappa shape index (κ2) is 39.6. The molecule has 0 aromatic heterocycles. The van der Waals surface area contributed by atoms with Gasteiger partial charge >= 0.3 is 25.7 Å².